The number of hydrogen-bond acceptors (Lipinski definition) is 4. The molecule has 0 aromatic carbocycles. The Labute approximate surface area is 123 Å². The topological polar surface area (TPSA) is 75.6 Å². The molecular formula is C14H21NO4S. The van der Waals surface area contributed by atoms with Gasteiger partial charge in [0.2, 0.25) is 0 Å². The van der Waals surface area contributed by atoms with Gasteiger partial charge in [-0.3, -0.25) is 4.79 Å². The second-order valence-corrected chi connectivity index (χ2v) is 6.99. The molecule has 0 unspecified atom stereocenters. The number of carboxylic acids is 1. The summed E-state index contributed by atoms with van der Waals surface area (Å²) < 4.78 is 5.18. The van der Waals surface area contributed by atoms with Crippen LogP contribution in [0.3, 0.4) is 0 Å². The van der Waals surface area contributed by atoms with Crippen molar-refractivity contribution in [3.05, 3.63) is 21.4 Å². The van der Waals surface area contributed by atoms with Crippen molar-refractivity contribution < 1.29 is 19.4 Å². The number of carbonyl (C=O) groups is 2. The summed E-state index contributed by atoms with van der Waals surface area (Å²) in [6.45, 7) is 9.15. The van der Waals surface area contributed by atoms with E-state index in [-0.39, 0.29) is 6.42 Å². The zero-order chi connectivity index (χ0) is 15.5. The van der Waals surface area contributed by atoms with Crippen LogP contribution in [0.1, 0.15) is 48.6 Å². The van der Waals surface area contributed by atoms with Crippen molar-refractivity contribution in [1.29, 1.82) is 0 Å². The maximum absolute atomic E-state index is 11.8. The minimum absolute atomic E-state index is 0.167. The molecule has 1 rings (SSSR count). The number of hydrogen-bond donors (Lipinski definition) is 2. The highest BCUT2D eigenvalue weighted by Crippen LogP contribution is 2.29. The molecule has 0 spiro atoms. The SMILES string of the molecule is Cc1cc(C)c([C@H](CC(=O)O)NC(=O)OC(C)(C)C)s1. The molecule has 1 atom stereocenters. The first kappa shape index (κ1) is 16.5. The smallest absolute Gasteiger partial charge is 0.408 e. The van der Waals surface area contributed by atoms with Crippen LogP contribution in [0.15, 0.2) is 6.07 Å². The Morgan fingerprint density at radius 2 is 2.00 bits per heavy atom. The van der Waals surface area contributed by atoms with E-state index >= 15 is 0 Å². The van der Waals surface area contributed by atoms with Crippen LogP contribution in [0.2, 0.25) is 0 Å². The summed E-state index contributed by atoms with van der Waals surface area (Å²) in [5, 5.41) is 11.6. The maximum atomic E-state index is 11.8. The standard InChI is InChI=1S/C14H21NO4S/c1-8-6-9(2)20-12(8)10(7-11(16)17)15-13(18)19-14(3,4)5/h6,10H,7H2,1-5H3,(H,15,18)(H,16,17)/t10-/m0/s1. The lowest BCUT2D eigenvalue weighted by atomic mass is 10.1. The van der Waals surface area contributed by atoms with Gasteiger partial charge >= 0.3 is 12.1 Å². The lowest BCUT2D eigenvalue weighted by molar-refractivity contribution is -0.137. The van der Waals surface area contributed by atoms with Gasteiger partial charge in [0.15, 0.2) is 0 Å². The van der Waals surface area contributed by atoms with Crippen molar-refractivity contribution in [3.63, 3.8) is 0 Å². The normalized spacial score (nSPS) is 12.8. The first-order valence-corrected chi connectivity index (χ1v) is 7.18. The summed E-state index contributed by atoms with van der Waals surface area (Å²) in [6, 6.07) is 1.41. The molecule has 2 N–H and O–H groups in total. The van der Waals surface area contributed by atoms with Crippen LogP contribution < -0.4 is 5.32 Å². The Morgan fingerprint density at radius 3 is 2.40 bits per heavy atom. The average Bonchev–Trinajstić information content (AvgIpc) is 2.53. The summed E-state index contributed by atoms with van der Waals surface area (Å²) in [5.41, 5.74) is 0.368. The molecule has 112 valence electrons. The first-order chi connectivity index (χ1) is 9.08. The molecule has 0 aliphatic heterocycles. The van der Waals surface area contributed by atoms with Gasteiger partial charge < -0.3 is 15.2 Å². The van der Waals surface area contributed by atoms with Gasteiger partial charge in [-0.15, -0.1) is 11.3 Å². The number of nitrogens with one attached hydrogen (secondary N) is 1. The predicted molar refractivity (Wildman–Crippen MR) is 78.2 cm³/mol. The zero-order valence-electron chi connectivity index (χ0n) is 12.4. The van der Waals surface area contributed by atoms with Crippen molar-refractivity contribution in [1.82, 2.24) is 5.32 Å². The Morgan fingerprint density at radius 1 is 1.40 bits per heavy atom. The van der Waals surface area contributed by atoms with Crippen LogP contribution in [-0.2, 0) is 9.53 Å². The molecule has 5 nitrogen and oxygen atoms in total. The second kappa shape index (κ2) is 6.26. The fourth-order valence-corrected chi connectivity index (χ4v) is 2.93. The summed E-state index contributed by atoms with van der Waals surface area (Å²) in [4.78, 5) is 24.7. The van der Waals surface area contributed by atoms with E-state index in [1.165, 1.54) is 11.3 Å². The molecule has 0 aliphatic rings. The van der Waals surface area contributed by atoms with E-state index in [2.05, 4.69) is 5.32 Å². The van der Waals surface area contributed by atoms with Crippen molar-refractivity contribution >= 4 is 23.4 Å². The van der Waals surface area contributed by atoms with Crippen LogP contribution in [0.5, 0.6) is 0 Å². The Hall–Kier alpha value is -1.56. The summed E-state index contributed by atoms with van der Waals surface area (Å²) in [7, 11) is 0. The fraction of sp³-hybridized carbons (Fsp3) is 0.571. The number of alkyl carbamates (subject to hydrolysis) is 1. The Bertz CT molecular complexity index is 502. The Balaban J connectivity index is 2.88. The number of thiophene rings is 1. The highest BCUT2D eigenvalue weighted by Gasteiger charge is 2.24. The van der Waals surface area contributed by atoms with Gasteiger partial charge in [-0.1, -0.05) is 0 Å². The van der Waals surface area contributed by atoms with Gasteiger partial charge in [0.05, 0.1) is 12.5 Å². The van der Waals surface area contributed by atoms with Crippen LogP contribution >= 0.6 is 11.3 Å². The number of rotatable bonds is 4. The number of amides is 1. The minimum atomic E-state index is -0.962. The van der Waals surface area contributed by atoms with Crippen LogP contribution in [0.25, 0.3) is 0 Å². The van der Waals surface area contributed by atoms with E-state index in [9.17, 15) is 9.59 Å². The molecule has 0 aliphatic carbocycles. The monoisotopic (exact) mass is 299 g/mol. The first-order valence-electron chi connectivity index (χ1n) is 6.36. The van der Waals surface area contributed by atoms with Gasteiger partial charge in [-0.2, -0.15) is 0 Å². The maximum Gasteiger partial charge on any atom is 0.408 e. The van der Waals surface area contributed by atoms with E-state index in [1.807, 2.05) is 19.9 Å². The summed E-state index contributed by atoms with van der Waals surface area (Å²) >= 11 is 1.49. The number of carbonyl (C=O) groups excluding carboxylic acids is 1. The van der Waals surface area contributed by atoms with Crippen molar-refractivity contribution in [2.75, 3.05) is 0 Å². The van der Waals surface area contributed by atoms with Gasteiger partial charge in [-0.25, -0.2) is 4.79 Å². The third-order valence-corrected chi connectivity index (χ3v) is 3.73. The molecule has 0 saturated carbocycles. The molecule has 0 radical (unpaired) electrons. The molecule has 6 heteroatoms. The highest BCUT2D eigenvalue weighted by molar-refractivity contribution is 7.12. The molecule has 20 heavy (non-hydrogen) atoms. The minimum Gasteiger partial charge on any atom is -0.481 e. The van der Waals surface area contributed by atoms with Gasteiger partial charge in [0.1, 0.15) is 5.60 Å². The molecular weight excluding hydrogens is 278 g/mol. The van der Waals surface area contributed by atoms with Gasteiger partial charge in [0.25, 0.3) is 0 Å². The zero-order valence-corrected chi connectivity index (χ0v) is 13.3. The number of aliphatic carboxylic acids is 1. The largest absolute Gasteiger partial charge is 0.481 e. The average molecular weight is 299 g/mol. The van der Waals surface area contributed by atoms with Crippen molar-refractivity contribution in [2.45, 2.75) is 52.7 Å². The number of aryl methyl sites for hydroxylation is 2. The lowest BCUT2D eigenvalue weighted by Gasteiger charge is -2.23. The third-order valence-electron chi connectivity index (χ3n) is 2.47. The second-order valence-electron chi connectivity index (χ2n) is 5.70. The van der Waals surface area contributed by atoms with E-state index in [0.29, 0.717) is 0 Å². The van der Waals surface area contributed by atoms with Crippen LogP contribution in [0.4, 0.5) is 4.79 Å². The van der Waals surface area contributed by atoms with E-state index in [0.717, 1.165) is 15.3 Å². The molecule has 0 bridgehead atoms. The molecule has 0 saturated heterocycles. The summed E-state index contributed by atoms with van der Waals surface area (Å²) in [6.07, 6.45) is -0.769. The number of carboxylic acid groups (broad SMARTS) is 1. The fourth-order valence-electron chi connectivity index (χ4n) is 1.84. The Kier molecular flexibility index (Phi) is 5.16. The van der Waals surface area contributed by atoms with Crippen LogP contribution in [0, 0.1) is 13.8 Å². The van der Waals surface area contributed by atoms with E-state index in [4.69, 9.17) is 9.84 Å². The molecule has 0 fully saturated rings. The highest BCUT2D eigenvalue weighted by atomic mass is 32.1. The van der Waals surface area contributed by atoms with Crippen molar-refractivity contribution in [3.8, 4) is 0 Å². The van der Waals surface area contributed by atoms with Gasteiger partial charge in [-0.05, 0) is 46.2 Å². The molecule has 1 aromatic rings. The van der Waals surface area contributed by atoms with Crippen LogP contribution in [-0.4, -0.2) is 22.8 Å². The van der Waals surface area contributed by atoms with E-state index < -0.39 is 23.7 Å². The van der Waals surface area contributed by atoms with E-state index in [1.54, 1.807) is 20.8 Å². The number of ether oxygens (including phenoxy) is 1. The molecule has 1 amide bonds. The predicted octanol–water partition coefficient (Wildman–Crippen LogP) is 3.41. The lowest BCUT2D eigenvalue weighted by Crippen LogP contribution is -2.35. The molecule has 1 aromatic heterocycles. The van der Waals surface area contributed by atoms with Crippen molar-refractivity contribution in [2.24, 2.45) is 0 Å². The van der Waals surface area contributed by atoms with Gasteiger partial charge in [0, 0.05) is 9.75 Å². The quantitative estimate of drug-likeness (QED) is 0.893. The third kappa shape index (κ3) is 5.21. The summed E-state index contributed by atoms with van der Waals surface area (Å²) in [5.74, 6) is -0.962. The molecule has 1 heterocycles.